The van der Waals surface area contributed by atoms with E-state index in [1.165, 1.54) is 10.4 Å². The average molecular weight is 304 g/mol. The molecule has 1 unspecified atom stereocenters. The predicted molar refractivity (Wildman–Crippen MR) is 77.0 cm³/mol. The van der Waals surface area contributed by atoms with Gasteiger partial charge in [0.25, 0.3) is 10.0 Å². The van der Waals surface area contributed by atoms with Crippen LogP contribution < -0.4 is 5.32 Å². The van der Waals surface area contributed by atoms with Gasteiger partial charge in [0.2, 0.25) is 5.09 Å². The summed E-state index contributed by atoms with van der Waals surface area (Å²) in [4.78, 5) is 0. The Morgan fingerprint density at radius 3 is 2.65 bits per heavy atom. The SMILES string of the molecule is CCNCc1ccc(S(=O)(=O)N(CC)C(C)COC)o1. The first kappa shape index (κ1) is 17.2. The molecule has 1 aromatic rings. The van der Waals surface area contributed by atoms with Gasteiger partial charge in [-0.15, -0.1) is 0 Å². The smallest absolute Gasteiger partial charge is 0.276 e. The van der Waals surface area contributed by atoms with E-state index in [2.05, 4.69) is 5.32 Å². The molecule has 0 saturated heterocycles. The molecule has 1 atom stereocenters. The maximum absolute atomic E-state index is 12.5. The molecule has 0 saturated carbocycles. The molecule has 0 aromatic carbocycles. The van der Waals surface area contributed by atoms with E-state index < -0.39 is 10.0 Å². The van der Waals surface area contributed by atoms with Gasteiger partial charge in [-0.2, -0.15) is 4.31 Å². The molecule has 0 spiro atoms. The van der Waals surface area contributed by atoms with Crippen molar-refractivity contribution in [2.24, 2.45) is 0 Å². The summed E-state index contributed by atoms with van der Waals surface area (Å²) in [6, 6.07) is 2.95. The van der Waals surface area contributed by atoms with Crippen LogP contribution in [0.4, 0.5) is 0 Å². The van der Waals surface area contributed by atoms with Crippen LogP contribution in [-0.2, 0) is 21.3 Å². The van der Waals surface area contributed by atoms with Gasteiger partial charge in [-0.05, 0) is 25.6 Å². The molecule has 0 fully saturated rings. The fourth-order valence-electron chi connectivity index (χ4n) is 2.00. The summed E-state index contributed by atoms with van der Waals surface area (Å²) in [7, 11) is -2.06. The summed E-state index contributed by atoms with van der Waals surface area (Å²) < 4.78 is 36.9. The lowest BCUT2D eigenvalue weighted by atomic mass is 10.4. The van der Waals surface area contributed by atoms with Gasteiger partial charge in [0.1, 0.15) is 5.76 Å². The zero-order valence-corrected chi connectivity index (χ0v) is 13.4. The van der Waals surface area contributed by atoms with Crippen molar-refractivity contribution in [2.75, 3.05) is 26.8 Å². The maximum atomic E-state index is 12.5. The molecule has 1 heterocycles. The molecule has 1 rings (SSSR count). The number of hydrogen-bond acceptors (Lipinski definition) is 5. The highest BCUT2D eigenvalue weighted by molar-refractivity contribution is 7.89. The van der Waals surface area contributed by atoms with Gasteiger partial charge < -0.3 is 14.5 Å². The van der Waals surface area contributed by atoms with Crippen LogP contribution in [0, 0.1) is 0 Å². The third-order valence-corrected chi connectivity index (χ3v) is 4.92. The fraction of sp³-hybridized carbons (Fsp3) is 0.692. The second-order valence-electron chi connectivity index (χ2n) is 4.51. The summed E-state index contributed by atoms with van der Waals surface area (Å²) in [5, 5.41) is 3.08. The van der Waals surface area contributed by atoms with Crippen LogP contribution in [0.1, 0.15) is 26.5 Å². The molecule has 0 amide bonds. The summed E-state index contributed by atoms with van der Waals surface area (Å²) in [6.07, 6.45) is 0. The number of nitrogens with one attached hydrogen (secondary N) is 1. The van der Waals surface area contributed by atoms with E-state index in [0.717, 1.165) is 6.54 Å². The van der Waals surface area contributed by atoms with Gasteiger partial charge in [0.05, 0.1) is 13.2 Å². The zero-order valence-electron chi connectivity index (χ0n) is 12.5. The van der Waals surface area contributed by atoms with Crippen LogP contribution in [0.2, 0.25) is 0 Å². The Morgan fingerprint density at radius 1 is 1.40 bits per heavy atom. The highest BCUT2D eigenvalue weighted by Gasteiger charge is 2.30. The molecule has 0 bridgehead atoms. The van der Waals surface area contributed by atoms with Crippen LogP contribution in [0.3, 0.4) is 0 Å². The second kappa shape index (κ2) is 7.78. The first-order chi connectivity index (χ1) is 9.47. The van der Waals surface area contributed by atoms with Crippen molar-refractivity contribution < 1.29 is 17.6 Å². The van der Waals surface area contributed by atoms with Crippen LogP contribution in [0.25, 0.3) is 0 Å². The molecule has 0 aliphatic heterocycles. The Balaban J connectivity index is 2.93. The minimum absolute atomic E-state index is 0.0183. The first-order valence-corrected chi connectivity index (χ1v) is 8.21. The number of hydrogen-bond donors (Lipinski definition) is 1. The third kappa shape index (κ3) is 4.05. The molecule has 0 radical (unpaired) electrons. The number of methoxy groups -OCH3 is 1. The highest BCUT2D eigenvalue weighted by Crippen LogP contribution is 2.20. The van der Waals surface area contributed by atoms with Crippen molar-refractivity contribution in [3.8, 4) is 0 Å². The number of ether oxygens (including phenoxy) is 1. The van der Waals surface area contributed by atoms with E-state index in [4.69, 9.17) is 9.15 Å². The lowest BCUT2D eigenvalue weighted by molar-refractivity contribution is 0.142. The minimum atomic E-state index is -3.62. The standard InChI is InChI=1S/C13H24N2O4S/c1-5-14-9-12-7-8-13(19-12)20(16,17)15(6-2)11(3)10-18-4/h7-8,11,14H,5-6,9-10H2,1-4H3. The Morgan fingerprint density at radius 2 is 2.10 bits per heavy atom. The van der Waals surface area contributed by atoms with Gasteiger partial charge in [-0.3, -0.25) is 0 Å². The summed E-state index contributed by atoms with van der Waals surface area (Å²) >= 11 is 0. The van der Waals surface area contributed by atoms with E-state index >= 15 is 0 Å². The largest absolute Gasteiger partial charge is 0.447 e. The molecule has 0 aliphatic carbocycles. The molecule has 116 valence electrons. The van der Waals surface area contributed by atoms with E-state index in [-0.39, 0.29) is 11.1 Å². The molecular weight excluding hydrogens is 280 g/mol. The summed E-state index contributed by atoms with van der Waals surface area (Å²) in [5.74, 6) is 0.612. The predicted octanol–water partition coefficient (Wildman–Crippen LogP) is 1.43. The summed E-state index contributed by atoms with van der Waals surface area (Å²) in [6.45, 7) is 7.62. The number of sulfonamides is 1. The number of furan rings is 1. The monoisotopic (exact) mass is 304 g/mol. The van der Waals surface area contributed by atoms with Crippen molar-refractivity contribution in [2.45, 2.75) is 38.5 Å². The van der Waals surface area contributed by atoms with Crippen LogP contribution in [-0.4, -0.2) is 45.6 Å². The van der Waals surface area contributed by atoms with Crippen molar-refractivity contribution in [1.29, 1.82) is 0 Å². The molecule has 7 heteroatoms. The van der Waals surface area contributed by atoms with Gasteiger partial charge in [-0.25, -0.2) is 8.42 Å². The van der Waals surface area contributed by atoms with Crippen molar-refractivity contribution in [1.82, 2.24) is 9.62 Å². The Kier molecular flexibility index (Phi) is 6.67. The molecule has 1 aromatic heterocycles. The fourth-order valence-corrected chi connectivity index (χ4v) is 3.56. The van der Waals surface area contributed by atoms with Crippen LogP contribution >= 0.6 is 0 Å². The van der Waals surface area contributed by atoms with Gasteiger partial charge in [0, 0.05) is 19.7 Å². The average Bonchev–Trinajstić information content (AvgIpc) is 2.86. The molecule has 0 aliphatic rings. The van der Waals surface area contributed by atoms with Crippen molar-refractivity contribution >= 4 is 10.0 Å². The Labute approximate surface area is 121 Å². The van der Waals surface area contributed by atoms with Gasteiger partial charge >= 0.3 is 0 Å². The number of nitrogens with zero attached hydrogens (tertiary/aromatic N) is 1. The Hall–Kier alpha value is -0.890. The minimum Gasteiger partial charge on any atom is -0.447 e. The first-order valence-electron chi connectivity index (χ1n) is 6.77. The van der Waals surface area contributed by atoms with Gasteiger partial charge in [0.15, 0.2) is 0 Å². The molecular formula is C13H24N2O4S. The van der Waals surface area contributed by atoms with E-state index in [9.17, 15) is 8.42 Å². The topological polar surface area (TPSA) is 71.8 Å². The van der Waals surface area contributed by atoms with E-state index in [0.29, 0.717) is 25.5 Å². The third-order valence-electron chi connectivity index (χ3n) is 2.96. The molecule has 6 nitrogen and oxygen atoms in total. The van der Waals surface area contributed by atoms with Crippen LogP contribution in [0.5, 0.6) is 0 Å². The highest BCUT2D eigenvalue weighted by atomic mass is 32.2. The molecule has 1 N–H and O–H groups in total. The maximum Gasteiger partial charge on any atom is 0.276 e. The quantitative estimate of drug-likeness (QED) is 0.747. The van der Waals surface area contributed by atoms with Gasteiger partial charge in [-0.1, -0.05) is 13.8 Å². The van der Waals surface area contributed by atoms with Crippen LogP contribution in [0.15, 0.2) is 21.6 Å². The van der Waals surface area contributed by atoms with Crippen molar-refractivity contribution in [3.63, 3.8) is 0 Å². The normalized spacial score (nSPS) is 13.8. The zero-order chi connectivity index (χ0) is 15.2. The number of likely N-dealkylation sites (N-methyl/N-ethyl adjacent to an activating group) is 1. The lowest BCUT2D eigenvalue weighted by Gasteiger charge is -2.25. The Bertz CT molecular complexity index is 498. The lowest BCUT2D eigenvalue weighted by Crippen LogP contribution is -2.40. The van der Waals surface area contributed by atoms with E-state index in [1.807, 2.05) is 13.8 Å². The van der Waals surface area contributed by atoms with Crippen molar-refractivity contribution in [3.05, 3.63) is 17.9 Å². The van der Waals surface area contributed by atoms with E-state index in [1.54, 1.807) is 20.1 Å². The second-order valence-corrected chi connectivity index (χ2v) is 6.34. The summed E-state index contributed by atoms with van der Waals surface area (Å²) in [5.41, 5.74) is 0. The molecule has 20 heavy (non-hydrogen) atoms. The number of rotatable bonds is 9.